The number of amides is 1. The van der Waals surface area contributed by atoms with Crippen molar-refractivity contribution in [3.05, 3.63) is 0 Å². The van der Waals surface area contributed by atoms with E-state index in [1.165, 1.54) is 12.8 Å². The molecule has 2 saturated carbocycles. The number of aliphatic hydroxyl groups is 1. The number of nitrogens with zero attached hydrogens (tertiary/aromatic N) is 1. The summed E-state index contributed by atoms with van der Waals surface area (Å²) < 4.78 is 5.80. The fraction of sp³-hybridized carbons (Fsp3) is 0.944. The molecule has 0 aromatic carbocycles. The van der Waals surface area contributed by atoms with E-state index in [4.69, 9.17) is 4.74 Å². The van der Waals surface area contributed by atoms with Gasteiger partial charge < -0.3 is 14.7 Å². The van der Waals surface area contributed by atoms with Gasteiger partial charge in [0.25, 0.3) is 0 Å². The van der Waals surface area contributed by atoms with Gasteiger partial charge in [-0.3, -0.25) is 4.79 Å². The predicted octanol–water partition coefficient (Wildman–Crippen LogP) is 2.59. The number of carbonyl (C=O) groups excluding carboxylic acids is 1. The van der Waals surface area contributed by atoms with Crippen molar-refractivity contribution >= 4 is 5.91 Å². The Morgan fingerprint density at radius 1 is 1.23 bits per heavy atom. The highest BCUT2D eigenvalue weighted by atomic mass is 16.5. The molecule has 1 N–H and O–H groups in total. The molecule has 1 saturated heterocycles. The average Bonchev–Trinajstić information content (AvgIpc) is 2.55. The number of aliphatic hydroxyl groups excluding tert-OH is 1. The van der Waals surface area contributed by atoms with E-state index in [1.54, 1.807) is 0 Å². The zero-order valence-corrected chi connectivity index (χ0v) is 14.1. The van der Waals surface area contributed by atoms with Crippen molar-refractivity contribution in [1.82, 2.24) is 4.90 Å². The molecule has 1 heterocycles. The minimum Gasteiger partial charge on any atom is -0.392 e. The summed E-state index contributed by atoms with van der Waals surface area (Å²) in [6.07, 6.45) is 7.03. The summed E-state index contributed by atoms with van der Waals surface area (Å²) in [5.74, 6) is 1.40. The Kier molecular flexibility index (Phi) is 4.79. The summed E-state index contributed by atoms with van der Waals surface area (Å²) >= 11 is 0. The van der Waals surface area contributed by atoms with E-state index in [9.17, 15) is 9.90 Å². The Labute approximate surface area is 134 Å². The molecule has 0 aromatic rings. The third-order valence-electron chi connectivity index (χ3n) is 6.48. The van der Waals surface area contributed by atoms with Gasteiger partial charge in [0.05, 0.1) is 12.2 Å². The Bertz CT molecular complexity index is 393. The second-order valence-electron chi connectivity index (χ2n) is 7.71. The van der Waals surface area contributed by atoms with Crippen LogP contribution in [-0.2, 0) is 9.53 Å². The molecule has 0 bridgehead atoms. The molecule has 0 unspecified atom stereocenters. The molecule has 126 valence electrons. The topological polar surface area (TPSA) is 49.8 Å². The van der Waals surface area contributed by atoms with Crippen LogP contribution >= 0.6 is 0 Å². The maximum atomic E-state index is 12.7. The molecule has 22 heavy (non-hydrogen) atoms. The van der Waals surface area contributed by atoms with Crippen LogP contribution in [0.5, 0.6) is 0 Å². The van der Waals surface area contributed by atoms with Crippen LogP contribution in [0, 0.1) is 17.3 Å². The van der Waals surface area contributed by atoms with Gasteiger partial charge in [-0.1, -0.05) is 6.92 Å². The molecule has 3 aliphatic rings. The van der Waals surface area contributed by atoms with Crippen LogP contribution in [0.4, 0.5) is 0 Å². The molecule has 1 spiro atoms. The van der Waals surface area contributed by atoms with Gasteiger partial charge in [0.2, 0.25) is 5.91 Å². The van der Waals surface area contributed by atoms with Gasteiger partial charge in [-0.15, -0.1) is 0 Å². The van der Waals surface area contributed by atoms with Crippen molar-refractivity contribution < 1.29 is 14.6 Å². The smallest absolute Gasteiger partial charge is 0.225 e. The molecular weight excluding hydrogens is 278 g/mol. The average molecular weight is 309 g/mol. The predicted molar refractivity (Wildman–Crippen MR) is 85.4 cm³/mol. The highest BCUT2D eigenvalue weighted by Crippen LogP contribution is 2.51. The number of carbonyl (C=O) groups is 1. The number of hydrogen-bond acceptors (Lipinski definition) is 3. The van der Waals surface area contributed by atoms with Crippen LogP contribution in [0.3, 0.4) is 0 Å². The molecule has 3 rings (SSSR count). The van der Waals surface area contributed by atoms with Crippen molar-refractivity contribution in [1.29, 1.82) is 0 Å². The summed E-state index contributed by atoms with van der Waals surface area (Å²) in [6.45, 7) is 6.61. The minimum absolute atomic E-state index is 0.0755. The van der Waals surface area contributed by atoms with Crippen LogP contribution < -0.4 is 0 Å². The van der Waals surface area contributed by atoms with Gasteiger partial charge in [0, 0.05) is 37.5 Å². The first-order valence-electron chi connectivity index (χ1n) is 9.15. The third kappa shape index (κ3) is 2.80. The summed E-state index contributed by atoms with van der Waals surface area (Å²) in [4.78, 5) is 14.8. The third-order valence-corrected chi connectivity index (χ3v) is 6.48. The van der Waals surface area contributed by atoms with E-state index in [1.807, 2.05) is 6.92 Å². The number of likely N-dealkylation sites (tertiary alicyclic amines) is 1. The van der Waals surface area contributed by atoms with Gasteiger partial charge in [0.15, 0.2) is 0 Å². The summed E-state index contributed by atoms with van der Waals surface area (Å²) in [7, 11) is 0. The lowest BCUT2D eigenvalue weighted by molar-refractivity contribution is -0.210. The summed E-state index contributed by atoms with van der Waals surface area (Å²) in [5, 5.41) is 10.2. The van der Waals surface area contributed by atoms with Gasteiger partial charge >= 0.3 is 0 Å². The normalized spacial score (nSPS) is 37.9. The zero-order chi connectivity index (χ0) is 15.7. The zero-order valence-electron chi connectivity index (χ0n) is 14.1. The van der Waals surface area contributed by atoms with E-state index >= 15 is 0 Å². The van der Waals surface area contributed by atoms with Gasteiger partial charge in [-0.25, -0.2) is 0 Å². The molecule has 2 atom stereocenters. The van der Waals surface area contributed by atoms with Crippen LogP contribution in [-0.4, -0.2) is 47.8 Å². The second kappa shape index (κ2) is 6.48. The van der Waals surface area contributed by atoms with E-state index in [2.05, 4.69) is 11.8 Å². The molecule has 1 aliphatic heterocycles. The van der Waals surface area contributed by atoms with Crippen molar-refractivity contribution in [3.63, 3.8) is 0 Å². The van der Waals surface area contributed by atoms with E-state index in [-0.39, 0.29) is 23.5 Å². The lowest BCUT2D eigenvalue weighted by atomic mass is 9.58. The fourth-order valence-electron chi connectivity index (χ4n) is 4.73. The minimum atomic E-state index is -0.239. The maximum absolute atomic E-state index is 12.7. The van der Waals surface area contributed by atoms with Gasteiger partial charge in [0.1, 0.15) is 0 Å². The SMILES string of the molecule is CCO[C@@H]1C[C@H](O)C12CCN(C(=O)C1CCC(C)CC1)CC2. The monoisotopic (exact) mass is 309 g/mol. The molecule has 3 fully saturated rings. The Hall–Kier alpha value is -0.610. The second-order valence-corrected chi connectivity index (χ2v) is 7.71. The Morgan fingerprint density at radius 2 is 1.86 bits per heavy atom. The number of rotatable bonds is 3. The highest BCUT2D eigenvalue weighted by Gasteiger charge is 2.56. The fourth-order valence-corrected chi connectivity index (χ4v) is 4.73. The Balaban J connectivity index is 1.54. The molecule has 1 amide bonds. The standard InChI is InChI=1S/C18H31NO3/c1-3-22-16-12-15(20)18(16)8-10-19(11-9-18)17(21)14-6-4-13(2)5-7-14/h13-16,20H,3-12H2,1-2H3/t13?,14?,15-,16+/m0/s1. The first-order chi connectivity index (χ1) is 10.6. The maximum Gasteiger partial charge on any atom is 0.225 e. The van der Waals surface area contributed by atoms with Crippen molar-refractivity contribution in [3.8, 4) is 0 Å². The van der Waals surface area contributed by atoms with Gasteiger partial charge in [-0.2, -0.15) is 0 Å². The van der Waals surface area contributed by atoms with E-state index in [0.717, 1.165) is 51.1 Å². The van der Waals surface area contributed by atoms with Crippen molar-refractivity contribution in [2.45, 2.75) is 71.0 Å². The van der Waals surface area contributed by atoms with Crippen molar-refractivity contribution in [2.24, 2.45) is 17.3 Å². The molecule has 2 aliphatic carbocycles. The van der Waals surface area contributed by atoms with Crippen LogP contribution in [0.15, 0.2) is 0 Å². The summed E-state index contributed by atoms with van der Waals surface area (Å²) in [6, 6.07) is 0. The van der Waals surface area contributed by atoms with E-state index in [0.29, 0.717) is 12.5 Å². The molecule has 4 heteroatoms. The van der Waals surface area contributed by atoms with E-state index < -0.39 is 0 Å². The highest BCUT2D eigenvalue weighted by molar-refractivity contribution is 5.79. The van der Waals surface area contributed by atoms with Crippen LogP contribution in [0.2, 0.25) is 0 Å². The number of hydrogen-bond donors (Lipinski definition) is 1. The first kappa shape index (κ1) is 16.3. The van der Waals surface area contributed by atoms with Crippen molar-refractivity contribution in [2.75, 3.05) is 19.7 Å². The molecule has 0 aromatic heterocycles. The van der Waals surface area contributed by atoms with Crippen LogP contribution in [0.25, 0.3) is 0 Å². The quantitative estimate of drug-likeness (QED) is 0.872. The number of piperidine rings is 1. The number of ether oxygens (including phenoxy) is 1. The molecule has 0 radical (unpaired) electrons. The van der Waals surface area contributed by atoms with Crippen LogP contribution in [0.1, 0.15) is 58.8 Å². The lowest BCUT2D eigenvalue weighted by Gasteiger charge is -2.56. The molecule has 4 nitrogen and oxygen atoms in total. The molecular formula is C18H31NO3. The largest absolute Gasteiger partial charge is 0.392 e. The summed E-state index contributed by atoms with van der Waals surface area (Å²) in [5.41, 5.74) is -0.0755. The lowest BCUT2D eigenvalue weighted by Crippen LogP contribution is -2.63. The van der Waals surface area contributed by atoms with Gasteiger partial charge in [-0.05, 0) is 51.4 Å². The first-order valence-corrected chi connectivity index (χ1v) is 9.15. The Morgan fingerprint density at radius 3 is 2.41 bits per heavy atom.